The molecule has 0 fully saturated rings. The molecule has 2 N–H and O–H groups in total. The van der Waals surface area contributed by atoms with Gasteiger partial charge in [0, 0.05) is 16.4 Å². The highest BCUT2D eigenvalue weighted by Gasteiger charge is 2.33. The molecule has 2 amide bonds. The summed E-state index contributed by atoms with van der Waals surface area (Å²) in [6, 6.07) is 7.30. The SMILES string of the molecule is Cc1cc(Cl)ccc1NC(=O)Nc1ccc(Cl)c(C(F)(F)F)c1. The first-order valence-electron chi connectivity index (χ1n) is 6.38. The summed E-state index contributed by atoms with van der Waals surface area (Å²) >= 11 is 11.3. The van der Waals surface area contributed by atoms with Crippen molar-refractivity contribution in [3.05, 3.63) is 57.6 Å². The lowest BCUT2D eigenvalue weighted by atomic mass is 10.2. The highest BCUT2D eigenvalue weighted by molar-refractivity contribution is 6.31. The molecule has 0 aliphatic carbocycles. The van der Waals surface area contributed by atoms with Crippen molar-refractivity contribution in [2.75, 3.05) is 10.6 Å². The van der Waals surface area contributed by atoms with Crippen LogP contribution in [0, 0.1) is 6.92 Å². The highest BCUT2D eigenvalue weighted by atomic mass is 35.5. The van der Waals surface area contributed by atoms with E-state index in [4.69, 9.17) is 23.2 Å². The number of urea groups is 1. The first-order chi connectivity index (χ1) is 10.7. The quantitative estimate of drug-likeness (QED) is 0.679. The molecule has 0 atom stereocenters. The molecule has 0 saturated heterocycles. The van der Waals surface area contributed by atoms with Gasteiger partial charge in [0.05, 0.1) is 10.6 Å². The number of amides is 2. The normalized spacial score (nSPS) is 11.2. The predicted molar refractivity (Wildman–Crippen MR) is 85.3 cm³/mol. The van der Waals surface area contributed by atoms with Crippen molar-refractivity contribution in [3.63, 3.8) is 0 Å². The van der Waals surface area contributed by atoms with Crippen LogP contribution in [0.15, 0.2) is 36.4 Å². The molecule has 2 rings (SSSR count). The molecule has 23 heavy (non-hydrogen) atoms. The number of hydrogen-bond donors (Lipinski definition) is 2. The molecule has 0 aliphatic rings. The molecule has 0 bridgehead atoms. The molecule has 0 unspecified atom stereocenters. The maximum atomic E-state index is 12.8. The average molecular weight is 363 g/mol. The summed E-state index contributed by atoms with van der Waals surface area (Å²) in [5.74, 6) is 0. The van der Waals surface area contributed by atoms with Crippen LogP contribution in [-0.2, 0) is 6.18 Å². The topological polar surface area (TPSA) is 41.1 Å². The monoisotopic (exact) mass is 362 g/mol. The molecular formula is C15H11Cl2F3N2O. The van der Waals surface area contributed by atoms with E-state index >= 15 is 0 Å². The van der Waals surface area contributed by atoms with Crippen molar-refractivity contribution in [2.45, 2.75) is 13.1 Å². The van der Waals surface area contributed by atoms with Crippen molar-refractivity contribution >= 4 is 40.6 Å². The van der Waals surface area contributed by atoms with Crippen LogP contribution in [-0.4, -0.2) is 6.03 Å². The third-order valence-corrected chi connectivity index (χ3v) is 3.53. The fourth-order valence-corrected chi connectivity index (χ4v) is 2.32. The number of rotatable bonds is 2. The van der Waals surface area contributed by atoms with Crippen LogP contribution in [0.25, 0.3) is 0 Å². The largest absolute Gasteiger partial charge is 0.417 e. The second kappa shape index (κ2) is 6.68. The summed E-state index contributed by atoms with van der Waals surface area (Å²) in [7, 11) is 0. The Morgan fingerprint density at radius 1 is 1.04 bits per heavy atom. The Bertz CT molecular complexity index is 748. The molecule has 0 radical (unpaired) electrons. The number of carbonyl (C=O) groups is 1. The fourth-order valence-electron chi connectivity index (χ4n) is 1.87. The molecular weight excluding hydrogens is 352 g/mol. The van der Waals surface area contributed by atoms with E-state index in [0.717, 1.165) is 17.7 Å². The van der Waals surface area contributed by atoms with E-state index in [1.807, 2.05) is 0 Å². The minimum absolute atomic E-state index is 0.0224. The zero-order valence-electron chi connectivity index (χ0n) is 11.8. The fraction of sp³-hybridized carbons (Fsp3) is 0.133. The van der Waals surface area contributed by atoms with Gasteiger partial charge in [0.15, 0.2) is 0 Å². The first kappa shape index (κ1) is 17.4. The smallest absolute Gasteiger partial charge is 0.308 e. The maximum absolute atomic E-state index is 12.8. The number of halogens is 5. The van der Waals surface area contributed by atoms with Crippen LogP contribution in [0.5, 0.6) is 0 Å². The van der Waals surface area contributed by atoms with Gasteiger partial charge in [-0.1, -0.05) is 23.2 Å². The Hall–Kier alpha value is -1.92. The van der Waals surface area contributed by atoms with Gasteiger partial charge in [-0.2, -0.15) is 13.2 Å². The first-order valence-corrected chi connectivity index (χ1v) is 7.13. The third-order valence-electron chi connectivity index (χ3n) is 2.97. The van der Waals surface area contributed by atoms with Crippen LogP contribution >= 0.6 is 23.2 Å². The highest BCUT2D eigenvalue weighted by Crippen LogP contribution is 2.36. The number of hydrogen-bond acceptors (Lipinski definition) is 1. The Morgan fingerprint density at radius 3 is 2.35 bits per heavy atom. The minimum atomic E-state index is -4.60. The van der Waals surface area contributed by atoms with Crippen molar-refractivity contribution in [3.8, 4) is 0 Å². The molecule has 2 aromatic rings. The zero-order chi connectivity index (χ0) is 17.2. The van der Waals surface area contributed by atoms with E-state index < -0.39 is 22.8 Å². The number of nitrogens with one attached hydrogen (secondary N) is 2. The van der Waals surface area contributed by atoms with E-state index in [1.54, 1.807) is 25.1 Å². The summed E-state index contributed by atoms with van der Waals surface area (Å²) in [6.07, 6.45) is -4.60. The van der Waals surface area contributed by atoms with E-state index in [2.05, 4.69) is 10.6 Å². The lowest BCUT2D eigenvalue weighted by molar-refractivity contribution is -0.137. The molecule has 0 aromatic heterocycles. The number of anilines is 2. The van der Waals surface area contributed by atoms with Crippen LogP contribution in [0.4, 0.5) is 29.3 Å². The molecule has 122 valence electrons. The molecule has 0 heterocycles. The number of carbonyl (C=O) groups excluding carboxylic acids is 1. The van der Waals surface area contributed by atoms with Gasteiger partial charge in [-0.25, -0.2) is 4.79 Å². The lowest BCUT2D eigenvalue weighted by Gasteiger charge is -2.13. The second-order valence-corrected chi connectivity index (χ2v) is 5.57. The molecule has 3 nitrogen and oxygen atoms in total. The number of aryl methyl sites for hydroxylation is 1. The molecule has 0 saturated carbocycles. The number of alkyl halides is 3. The van der Waals surface area contributed by atoms with Gasteiger partial charge in [-0.3, -0.25) is 0 Å². The van der Waals surface area contributed by atoms with Crippen molar-refractivity contribution < 1.29 is 18.0 Å². The maximum Gasteiger partial charge on any atom is 0.417 e. The van der Waals surface area contributed by atoms with Gasteiger partial charge in [0.1, 0.15) is 0 Å². The Labute approximate surface area is 140 Å². The average Bonchev–Trinajstić information content (AvgIpc) is 2.43. The van der Waals surface area contributed by atoms with Gasteiger partial charge in [0.2, 0.25) is 0 Å². The minimum Gasteiger partial charge on any atom is -0.308 e. The second-order valence-electron chi connectivity index (χ2n) is 4.73. The van der Waals surface area contributed by atoms with Gasteiger partial charge in [-0.05, 0) is 48.9 Å². The van der Waals surface area contributed by atoms with Crippen LogP contribution in [0.1, 0.15) is 11.1 Å². The Morgan fingerprint density at radius 2 is 1.74 bits per heavy atom. The van der Waals surface area contributed by atoms with Gasteiger partial charge >= 0.3 is 12.2 Å². The summed E-state index contributed by atoms with van der Waals surface area (Å²) in [5, 5.41) is 4.95. The lowest BCUT2D eigenvalue weighted by Crippen LogP contribution is -2.20. The number of benzene rings is 2. The summed E-state index contributed by atoms with van der Waals surface area (Å²) in [4.78, 5) is 11.9. The van der Waals surface area contributed by atoms with E-state index in [0.29, 0.717) is 10.7 Å². The molecule has 0 aliphatic heterocycles. The van der Waals surface area contributed by atoms with Crippen LogP contribution in [0.2, 0.25) is 10.0 Å². The van der Waals surface area contributed by atoms with Crippen LogP contribution < -0.4 is 10.6 Å². The Balaban J connectivity index is 2.14. The predicted octanol–water partition coefficient (Wildman–Crippen LogP) is 5.96. The van der Waals surface area contributed by atoms with Gasteiger partial charge < -0.3 is 10.6 Å². The summed E-state index contributed by atoms with van der Waals surface area (Å²) in [6.45, 7) is 1.74. The van der Waals surface area contributed by atoms with Gasteiger partial charge in [0.25, 0.3) is 0 Å². The summed E-state index contributed by atoms with van der Waals surface area (Å²) in [5.41, 5.74) is 0.183. The van der Waals surface area contributed by atoms with Crippen molar-refractivity contribution in [1.82, 2.24) is 0 Å². The summed E-state index contributed by atoms with van der Waals surface area (Å²) < 4.78 is 38.3. The van der Waals surface area contributed by atoms with E-state index in [1.165, 1.54) is 6.07 Å². The molecule has 2 aromatic carbocycles. The van der Waals surface area contributed by atoms with E-state index in [-0.39, 0.29) is 5.69 Å². The molecule has 0 spiro atoms. The third kappa shape index (κ3) is 4.53. The van der Waals surface area contributed by atoms with Crippen molar-refractivity contribution in [1.29, 1.82) is 0 Å². The van der Waals surface area contributed by atoms with Gasteiger partial charge in [-0.15, -0.1) is 0 Å². The Kier molecular flexibility index (Phi) is 5.06. The van der Waals surface area contributed by atoms with Crippen LogP contribution in [0.3, 0.4) is 0 Å². The zero-order valence-corrected chi connectivity index (χ0v) is 13.3. The van der Waals surface area contributed by atoms with E-state index in [9.17, 15) is 18.0 Å². The van der Waals surface area contributed by atoms with Crippen molar-refractivity contribution in [2.24, 2.45) is 0 Å². The molecule has 8 heteroatoms. The standard InChI is InChI=1S/C15H11Cl2F3N2O/c1-8-6-9(16)2-5-13(8)22-14(23)21-10-3-4-12(17)11(7-10)15(18,19)20/h2-7H,1H3,(H2,21,22,23).